The maximum absolute atomic E-state index is 13.9. The highest BCUT2D eigenvalue weighted by Gasteiger charge is 2.44. The van der Waals surface area contributed by atoms with E-state index in [4.69, 9.17) is 9.72 Å². The van der Waals surface area contributed by atoms with Gasteiger partial charge in [0.1, 0.15) is 5.65 Å². The highest BCUT2D eigenvalue weighted by molar-refractivity contribution is 5.88. The molecule has 2 aromatic heterocycles. The van der Waals surface area contributed by atoms with Crippen LogP contribution < -0.4 is 0 Å². The number of benzene rings is 1. The Balaban J connectivity index is 1.30. The van der Waals surface area contributed by atoms with Gasteiger partial charge in [-0.05, 0) is 75.1 Å². The Morgan fingerprint density at radius 2 is 1.91 bits per heavy atom. The van der Waals surface area contributed by atoms with Gasteiger partial charge in [0.05, 0.1) is 5.41 Å². The molecular weight excluding hydrogens is 398 g/mol. The van der Waals surface area contributed by atoms with E-state index < -0.39 is 5.41 Å². The highest BCUT2D eigenvalue weighted by Crippen LogP contribution is 2.38. The molecule has 5 heteroatoms. The summed E-state index contributed by atoms with van der Waals surface area (Å²) >= 11 is 0. The largest absolute Gasteiger partial charge is 0.381 e. The molecule has 2 aliphatic heterocycles. The summed E-state index contributed by atoms with van der Waals surface area (Å²) in [6, 6.07) is 14.9. The summed E-state index contributed by atoms with van der Waals surface area (Å²) in [7, 11) is 0. The molecule has 168 valence electrons. The van der Waals surface area contributed by atoms with Gasteiger partial charge in [0.15, 0.2) is 0 Å². The summed E-state index contributed by atoms with van der Waals surface area (Å²) in [6.07, 6.45) is 7.71. The number of amides is 1. The molecule has 1 atom stereocenters. The molecule has 0 radical (unpaired) electrons. The number of fused-ring (bicyclic) bond motifs is 1. The van der Waals surface area contributed by atoms with Crippen LogP contribution in [0.1, 0.15) is 48.9 Å². The van der Waals surface area contributed by atoms with E-state index in [9.17, 15) is 4.79 Å². The Bertz CT molecular complexity index is 1070. The zero-order valence-corrected chi connectivity index (χ0v) is 19.0. The SMILES string of the molecule is Cc1ccc(C2(C(=O)N3CCCC(Cc4ccc5cc[nH]c5n4)CC3)CCOCC2)cc1. The van der Waals surface area contributed by atoms with Gasteiger partial charge in [-0.25, -0.2) is 4.98 Å². The van der Waals surface area contributed by atoms with Crippen molar-refractivity contribution in [1.82, 2.24) is 14.9 Å². The fourth-order valence-electron chi connectivity index (χ4n) is 5.47. The van der Waals surface area contributed by atoms with Crippen molar-refractivity contribution in [3.05, 3.63) is 65.5 Å². The monoisotopic (exact) mass is 431 g/mol. The zero-order valence-electron chi connectivity index (χ0n) is 19.0. The number of aromatic nitrogens is 2. The number of hydrogen-bond donors (Lipinski definition) is 1. The van der Waals surface area contributed by atoms with Crippen molar-refractivity contribution in [1.29, 1.82) is 0 Å². The quantitative estimate of drug-likeness (QED) is 0.646. The number of carbonyl (C=O) groups excluding carboxylic acids is 1. The van der Waals surface area contributed by atoms with Crippen molar-refractivity contribution in [2.75, 3.05) is 26.3 Å². The minimum Gasteiger partial charge on any atom is -0.381 e. The molecule has 5 rings (SSSR count). The Labute approximate surface area is 190 Å². The molecule has 32 heavy (non-hydrogen) atoms. The molecule has 5 nitrogen and oxygen atoms in total. The Morgan fingerprint density at radius 1 is 1.09 bits per heavy atom. The third kappa shape index (κ3) is 4.18. The lowest BCUT2D eigenvalue weighted by molar-refractivity contribution is -0.141. The van der Waals surface area contributed by atoms with Crippen LogP contribution in [0.2, 0.25) is 0 Å². The van der Waals surface area contributed by atoms with Crippen molar-refractivity contribution in [2.45, 2.75) is 50.9 Å². The Hall–Kier alpha value is -2.66. The van der Waals surface area contributed by atoms with E-state index >= 15 is 0 Å². The number of aryl methyl sites for hydroxylation is 1. The minimum atomic E-state index is -0.438. The smallest absolute Gasteiger partial charge is 0.233 e. The van der Waals surface area contributed by atoms with Gasteiger partial charge < -0.3 is 14.6 Å². The molecule has 4 heterocycles. The van der Waals surface area contributed by atoms with Crippen molar-refractivity contribution in [2.24, 2.45) is 5.92 Å². The van der Waals surface area contributed by atoms with Crippen LogP contribution in [-0.2, 0) is 21.4 Å². The Morgan fingerprint density at radius 3 is 2.72 bits per heavy atom. The number of pyridine rings is 1. The third-order valence-electron chi connectivity index (χ3n) is 7.46. The molecule has 0 saturated carbocycles. The number of rotatable bonds is 4. The standard InChI is InChI=1S/C27H33N3O2/c1-20-4-7-23(8-5-20)27(12-17-32-18-13-27)26(31)30-15-2-3-21(11-16-30)19-24-9-6-22-10-14-28-25(22)29-24/h4-10,14,21H,2-3,11-13,15-19H2,1H3,(H,28,29). The number of aromatic amines is 1. The molecule has 0 bridgehead atoms. The van der Waals surface area contributed by atoms with Gasteiger partial charge in [-0.1, -0.05) is 29.8 Å². The van der Waals surface area contributed by atoms with Crippen molar-refractivity contribution < 1.29 is 9.53 Å². The number of H-pyrrole nitrogens is 1. The van der Waals surface area contributed by atoms with Crippen LogP contribution in [0, 0.1) is 12.8 Å². The molecule has 2 aliphatic rings. The predicted molar refractivity (Wildman–Crippen MR) is 127 cm³/mol. The zero-order chi connectivity index (χ0) is 22.0. The number of nitrogens with one attached hydrogen (secondary N) is 1. The number of likely N-dealkylation sites (tertiary alicyclic amines) is 1. The first-order chi connectivity index (χ1) is 15.6. The van der Waals surface area contributed by atoms with E-state index in [1.54, 1.807) is 0 Å². The van der Waals surface area contributed by atoms with Gasteiger partial charge in [-0.3, -0.25) is 4.79 Å². The van der Waals surface area contributed by atoms with E-state index in [-0.39, 0.29) is 0 Å². The number of nitrogens with zero attached hydrogens (tertiary/aromatic N) is 2. The van der Waals surface area contributed by atoms with Crippen molar-refractivity contribution in [3.63, 3.8) is 0 Å². The van der Waals surface area contributed by atoms with E-state index in [0.29, 0.717) is 25.0 Å². The maximum Gasteiger partial charge on any atom is 0.233 e. The normalized spacial score (nSPS) is 21.4. The molecular formula is C27H33N3O2. The Kier molecular flexibility index (Phi) is 6.01. The molecule has 0 aliphatic carbocycles. The van der Waals surface area contributed by atoms with Crippen molar-refractivity contribution >= 4 is 16.9 Å². The minimum absolute atomic E-state index is 0.302. The molecule has 1 amide bonds. The number of hydrogen-bond acceptors (Lipinski definition) is 3. The van der Waals surface area contributed by atoms with Crippen LogP contribution in [0.15, 0.2) is 48.7 Å². The second kappa shape index (κ2) is 9.07. The van der Waals surface area contributed by atoms with E-state index in [2.05, 4.69) is 59.3 Å². The van der Waals surface area contributed by atoms with Crippen LogP contribution in [0.5, 0.6) is 0 Å². The second-order valence-electron chi connectivity index (χ2n) is 9.57. The predicted octanol–water partition coefficient (Wildman–Crippen LogP) is 4.79. The average Bonchev–Trinajstić information content (AvgIpc) is 3.17. The first-order valence-corrected chi connectivity index (χ1v) is 12.0. The molecule has 1 aromatic carbocycles. The summed E-state index contributed by atoms with van der Waals surface area (Å²) in [4.78, 5) is 24.1. The van der Waals surface area contributed by atoms with Gasteiger partial charge in [0.2, 0.25) is 5.91 Å². The van der Waals surface area contributed by atoms with Crippen molar-refractivity contribution in [3.8, 4) is 0 Å². The summed E-state index contributed by atoms with van der Waals surface area (Å²) in [5, 5.41) is 1.16. The lowest BCUT2D eigenvalue weighted by Crippen LogP contribution is -2.50. The summed E-state index contributed by atoms with van der Waals surface area (Å²) in [5.74, 6) is 0.869. The van der Waals surface area contributed by atoms with E-state index in [1.165, 1.54) is 5.56 Å². The van der Waals surface area contributed by atoms with Crippen LogP contribution in [0.4, 0.5) is 0 Å². The summed E-state index contributed by atoms with van der Waals surface area (Å²) in [5.41, 5.74) is 4.05. The summed E-state index contributed by atoms with van der Waals surface area (Å²) < 4.78 is 5.66. The van der Waals surface area contributed by atoms with Gasteiger partial charge in [0, 0.05) is 43.6 Å². The number of carbonyl (C=O) groups is 1. The van der Waals surface area contributed by atoms with Crippen LogP contribution in [-0.4, -0.2) is 47.1 Å². The lowest BCUT2D eigenvalue weighted by Gasteiger charge is -2.40. The van der Waals surface area contributed by atoms with Gasteiger partial charge in [-0.15, -0.1) is 0 Å². The molecule has 2 fully saturated rings. The third-order valence-corrected chi connectivity index (χ3v) is 7.46. The van der Waals surface area contributed by atoms with Gasteiger partial charge >= 0.3 is 0 Å². The highest BCUT2D eigenvalue weighted by atomic mass is 16.5. The molecule has 3 aromatic rings. The first kappa shape index (κ1) is 21.2. The molecule has 0 spiro atoms. The topological polar surface area (TPSA) is 58.2 Å². The second-order valence-corrected chi connectivity index (χ2v) is 9.57. The maximum atomic E-state index is 13.9. The molecule has 1 unspecified atom stereocenters. The first-order valence-electron chi connectivity index (χ1n) is 12.0. The lowest BCUT2D eigenvalue weighted by atomic mass is 9.72. The molecule has 1 N–H and O–H groups in total. The van der Waals surface area contributed by atoms with Crippen LogP contribution >= 0.6 is 0 Å². The summed E-state index contributed by atoms with van der Waals surface area (Å²) in [6.45, 7) is 5.10. The number of ether oxygens (including phenoxy) is 1. The van der Waals surface area contributed by atoms with Crippen LogP contribution in [0.3, 0.4) is 0 Å². The molecule has 2 saturated heterocycles. The van der Waals surface area contributed by atoms with Gasteiger partial charge in [0.25, 0.3) is 0 Å². The van der Waals surface area contributed by atoms with E-state index in [0.717, 1.165) is 73.9 Å². The van der Waals surface area contributed by atoms with Crippen LogP contribution in [0.25, 0.3) is 11.0 Å². The van der Waals surface area contributed by atoms with Gasteiger partial charge in [-0.2, -0.15) is 0 Å². The fourth-order valence-corrected chi connectivity index (χ4v) is 5.47. The van der Waals surface area contributed by atoms with E-state index in [1.807, 2.05) is 6.20 Å². The average molecular weight is 432 g/mol. The fraction of sp³-hybridized carbons (Fsp3) is 0.481.